The topological polar surface area (TPSA) is 129 Å². The number of ether oxygens (including phenoxy) is 3. The van der Waals surface area contributed by atoms with Crippen LogP contribution in [0.1, 0.15) is 42.9 Å². The third kappa shape index (κ3) is 5.91. The molecule has 8 rings (SSSR count). The van der Waals surface area contributed by atoms with Gasteiger partial charge in [-0.25, -0.2) is 23.1 Å². The number of anilines is 1. The Morgan fingerprint density at radius 2 is 2.02 bits per heavy atom. The Labute approximate surface area is 291 Å². The Morgan fingerprint density at radius 3 is 2.86 bits per heavy atom. The van der Waals surface area contributed by atoms with E-state index in [1.165, 1.54) is 19.5 Å². The number of pyridine rings is 1. The van der Waals surface area contributed by atoms with Crippen molar-refractivity contribution in [3.63, 3.8) is 0 Å². The number of alkyl halides is 1. The molecule has 0 amide bonds. The first-order valence-electron chi connectivity index (χ1n) is 17.0. The molecule has 0 bridgehead atoms. The molecular weight excluding hydrogens is 660 g/mol. The number of nitrogens with one attached hydrogen (secondary N) is 1. The molecule has 264 valence electrons. The maximum Gasteiger partial charge on any atom is 0.349 e. The summed E-state index contributed by atoms with van der Waals surface area (Å²) in [6, 6.07) is 10.4. The van der Waals surface area contributed by atoms with Gasteiger partial charge in [0.25, 0.3) is 0 Å². The number of hydrogen-bond acceptors (Lipinski definition) is 11. The Balaban J connectivity index is 1.27. The van der Waals surface area contributed by atoms with Gasteiger partial charge in [-0.1, -0.05) is 19.1 Å². The van der Waals surface area contributed by atoms with Crippen molar-refractivity contribution < 1.29 is 27.4 Å². The fourth-order valence-electron chi connectivity index (χ4n) is 7.70. The van der Waals surface area contributed by atoms with Crippen molar-refractivity contribution in [1.82, 2.24) is 29.5 Å². The highest BCUT2D eigenvalue weighted by Gasteiger charge is 2.49. The van der Waals surface area contributed by atoms with E-state index in [-0.39, 0.29) is 48.7 Å². The van der Waals surface area contributed by atoms with Gasteiger partial charge in [-0.15, -0.1) is 0 Å². The predicted molar refractivity (Wildman–Crippen MR) is 186 cm³/mol. The van der Waals surface area contributed by atoms with E-state index >= 15 is 4.39 Å². The molecule has 0 unspecified atom stereocenters. The van der Waals surface area contributed by atoms with Gasteiger partial charge in [-0.05, 0) is 78.9 Å². The van der Waals surface area contributed by atoms with E-state index in [0.717, 1.165) is 24.9 Å². The van der Waals surface area contributed by atoms with Gasteiger partial charge in [0.1, 0.15) is 47.6 Å². The van der Waals surface area contributed by atoms with E-state index in [0.29, 0.717) is 63.8 Å². The molecule has 0 saturated carbocycles. The second-order valence-corrected chi connectivity index (χ2v) is 13.2. The Hall–Kier alpha value is -5.21. The number of aromatic nitrogens is 5. The van der Waals surface area contributed by atoms with Crippen molar-refractivity contribution in [1.29, 1.82) is 0 Å². The van der Waals surface area contributed by atoms with E-state index < -0.39 is 17.3 Å². The fourth-order valence-corrected chi connectivity index (χ4v) is 7.70. The summed E-state index contributed by atoms with van der Waals surface area (Å²) in [5.41, 5.74) is 2.21. The molecule has 14 heteroatoms. The third-order valence-corrected chi connectivity index (χ3v) is 10.1. The minimum absolute atomic E-state index is 0.0116. The Morgan fingerprint density at radius 1 is 1.14 bits per heavy atom. The largest absolute Gasteiger partial charge is 0.468 e. The monoisotopic (exact) mass is 697 g/mol. The summed E-state index contributed by atoms with van der Waals surface area (Å²) < 4.78 is 54.9. The lowest BCUT2D eigenvalue weighted by molar-refractivity contribution is 0.0512. The second kappa shape index (κ2) is 13.2. The van der Waals surface area contributed by atoms with Crippen molar-refractivity contribution >= 4 is 33.1 Å². The molecule has 1 N–H and O–H groups in total. The number of nitrogens with zero attached hydrogens (tertiary/aromatic N) is 6. The summed E-state index contributed by atoms with van der Waals surface area (Å²) in [5.74, 6) is 0.519. The number of fused-ring (bicyclic) bond motifs is 4. The SMILES string of the molecule is CCc1c(F)ccc2cc(OCOC)cc(-c3oc(=O)c4c(NCc5ccc6ncnn6c5)nc(OC[C@@]56CCCN5C[C@H](F)C6)nc4c3C)c12. The summed E-state index contributed by atoms with van der Waals surface area (Å²) >= 11 is 0. The van der Waals surface area contributed by atoms with Gasteiger partial charge >= 0.3 is 11.6 Å². The van der Waals surface area contributed by atoms with Gasteiger partial charge in [0.05, 0.1) is 11.1 Å². The molecule has 4 aromatic heterocycles. The summed E-state index contributed by atoms with van der Waals surface area (Å²) in [6.45, 7) is 5.34. The standard InChI is InChI=1S/C37H37F2N7O5/c1-4-26-28(39)8-7-23-12-25(50-20-48-3)13-27(30(23)26)33-21(2)32-31(35(47)51-33)34(40-15-22-6-9-29-41-19-42-46(29)16-22)44-36(43-32)49-18-37-10-5-11-45(37)17-24(38)14-37/h6-9,12-13,16,19,24H,4-5,10-11,14-15,17-18,20H2,1-3H3,(H,40,43,44)/t24-,37+/m1/s1. The van der Waals surface area contributed by atoms with E-state index in [1.807, 2.05) is 25.3 Å². The first kappa shape index (κ1) is 33.0. The van der Waals surface area contributed by atoms with E-state index in [2.05, 4.69) is 25.3 Å². The first-order valence-corrected chi connectivity index (χ1v) is 17.0. The van der Waals surface area contributed by atoms with Crippen LogP contribution in [0.15, 0.2) is 58.1 Å². The average molecular weight is 698 g/mol. The number of aryl methyl sites for hydroxylation is 2. The van der Waals surface area contributed by atoms with Crippen molar-refractivity contribution in [2.45, 2.75) is 57.8 Å². The lowest BCUT2D eigenvalue weighted by Crippen LogP contribution is -2.43. The van der Waals surface area contributed by atoms with Crippen molar-refractivity contribution in [2.24, 2.45) is 0 Å². The number of hydrogen-bond donors (Lipinski definition) is 1. The molecule has 2 aliphatic heterocycles. The van der Waals surface area contributed by atoms with E-state index in [9.17, 15) is 9.18 Å². The Kier molecular flexibility index (Phi) is 8.51. The highest BCUT2D eigenvalue weighted by atomic mass is 19.1. The molecule has 2 saturated heterocycles. The highest BCUT2D eigenvalue weighted by Crippen LogP contribution is 2.42. The number of halogens is 2. The molecule has 2 aliphatic rings. The smallest absolute Gasteiger partial charge is 0.349 e. The summed E-state index contributed by atoms with van der Waals surface area (Å²) in [7, 11) is 1.52. The van der Waals surface area contributed by atoms with Crippen LogP contribution in [0.2, 0.25) is 0 Å². The zero-order valence-corrected chi connectivity index (χ0v) is 28.5. The summed E-state index contributed by atoms with van der Waals surface area (Å²) in [4.78, 5) is 29.9. The maximum absolute atomic E-state index is 15.3. The molecule has 6 aromatic rings. The fraction of sp³-hybridized carbons (Fsp3) is 0.378. The zero-order valence-electron chi connectivity index (χ0n) is 28.5. The van der Waals surface area contributed by atoms with Gasteiger partial charge in [0.15, 0.2) is 12.4 Å². The average Bonchev–Trinajstić information content (AvgIpc) is 3.84. The predicted octanol–water partition coefficient (Wildman–Crippen LogP) is 6.01. The van der Waals surface area contributed by atoms with Crippen LogP contribution >= 0.6 is 0 Å². The van der Waals surface area contributed by atoms with Crippen LogP contribution in [0.3, 0.4) is 0 Å². The van der Waals surface area contributed by atoms with Crippen LogP contribution in [0.25, 0.3) is 38.6 Å². The minimum atomic E-state index is -0.920. The maximum atomic E-state index is 15.3. The van der Waals surface area contributed by atoms with Crippen LogP contribution in [-0.4, -0.2) is 74.8 Å². The van der Waals surface area contributed by atoms with Crippen LogP contribution < -0.4 is 20.4 Å². The first-order chi connectivity index (χ1) is 24.8. The molecule has 2 atom stereocenters. The zero-order chi connectivity index (χ0) is 35.3. The van der Waals surface area contributed by atoms with Gasteiger partial charge < -0.3 is 23.9 Å². The molecule has 2 fully saturated rings. The van der Waals surface area contributed by atoms with Crippen molar-refractivity contribution in [3.05, 3.63) is 81.9 Å². The summed E-state index contributed by atoms with van der Waals surface area (Å²) in [6.07, 6.45) is 4.94. The van der Waals surface area contributed by atoms with Crippen LogP contribution in [0.4, 0.5) is 14.6 Å². The normalized spacial score (nSPS) is 19.0. The minimum Gasteiger partial charge on any atom is -0.468 e. The molecule has 0 spiro atoms. The molecule has 12 nitrogen and oxygen atoms in total. The number of methoxy groups -OCH3 is 1. The third-order valence-electron chi connectivity index (χ3n) is 10.1. The summed E-state index contributed by atoms with van der Waals surface area (Å²) in [5, 5.41) is 8.95. The molecule has 51 heavy (non-hydrogen) atoms. The van der Waals surface area contributed by atoms with Crippen molar-refractivity contribution in [3.8, 4) is 23.1 Å². The van der Waals surface area contributed by atoms with Crippen molar-refractivity contribution in [2.75, 3.05) is 38.9 Å². The van der Waals surface area contributed by atoms with Crippen LogP contribution in [0, 0.1) is 12.7 Å². The number of rotatable bonds is 11. The second-order valence-electron chi connectivity index (χ2n) is 13.2. The van der Waals surface area contributed by atoms with Gasteiger partial charge in [-0.3, -0.25) is 4.90 Å². The van der Waals surface area contributed by atoms with Gasteiger partial charge in [0.2, 0.25) is 0 Å². The Bertz CT molecular complexity index is 2350. The quantitative estimate of drug-likeness (QED) is 0.160. The van der Waals surface area contributed by atoms with Gasteiger partial charge in [-0.2, -0.15) is 15.1 Å². The number of benzene rings is 2. The van der Waals surface area contributed by atoms with E-state index in [4.69, 9.17) is 23.6 Å². The highest BCUT2D eigenvalue weighted by molar-refractivity contribution is 6.02. The molecule has 0 aliphatic carbocycles. The lowest BCUT2D eigenvalue weighted by atomic mass is 9.93. The molecular formula is C37H37F2N7O5. The molecule has 2 aromatic carbocycles. The molecule has 6 heterocycles. The van der Waals surface area contributed by atoms with Crippen LogP contribution in [0.5, 0.6) is 11.8 Å². The van der Waals surface area contributed by atoms with E-state index in [1.54, 1.807) is 29.6 Å². The van der Waals surface area contributed by atoms with Gasteiger partial charge in [0, 0.05) is 43.9 Å². The van der Waals surface area contributed by atoms with Crippen LogP contribution in [-0.2, 0) is 17.7 Å². The molecule has 0 radical (unpaired) electrons. The lowest BCUT2D eigenvalue weighted by Gasteiger charge is -2.30.